The molecule has 20 heavy (non-hydrogen) atoms. The lowest BCUT2D eigenvalue weighted by Gasteiger charge is -2.28. The van der Waals surface area contributed by atoms with Crippen molar-refractivity contribution < 1.29 is 4.79 Å². The van der Waals surface area contributed by atoms with Crippen LogP contribution < -0.4 is 4.90 Å². The van der Waals surface area contributed by atoms with Gasteiger partial charge in [0.1, 0.15) is 11.9 Å². The standard InChI is InChI=1S/C15H20N4O/c1-12(2)11-19(15(20)18-7-3-4-8-18)14-6-5-13(9-16)10-17-14/h5-6,10,12H,3-4,7-8,11H2,1-2H3. The fourth-order valence-electron chi connectivity index (χ4n) is 2.33. The van der Waals surface area contributed by atoms with E-state index in [1.54, 1.807) is 17.0 Å². The zero-order chi connectivity index (χ0) is 14.5. The van der Waals surface area contributed by atoms with Gasteiger partial charge in [-0.05, 0) is 30.9 Å². The SMILES string of the molecule is CC(C)CN(C(=O)N1CCCC1)c1ccc(C#N)cn1. The number of rotatable bonds is 3. The smallest absolute Gasteiger partial charge is 0.324 e. The van der Waals surface area contributed by atoms with Gasteiger partial charge in [-0.2, -0.15) is 5.26 Å². The Morgan fingerprint density at radius 1 is 1.45 bits per heavy atom. The quantitative estimate of drug-likeness (QED) is 0.849. The van der Waals surface area contributed by atoms with Crippen LogP contribution in [0.15, 0.2) is 18.3 Å². The Hall–Kier alpha value is -2.09. The van der Waals surface area contributed by atoms with Crippen molar-refractivity contribution >= 4 is 11.8 Å². The summed E-state index contributed by atoms with van der Waals surface area (Å²) in [5.41, 5.74) is 0.506. The Labute approximate surface area is 119 Å². The summed E-state index contributed by atoms with van der Waals surface area (Å²) in [6.07, 6.45) is 3.66. The number of hydrogen-bond acceptors (Lipinski definition) is 3. The molecule has 1 fully saturated rings. The van der Waals surface area contributed by atoms with Crippen molar-refractivity contribution in [3.8, 4) is 6.07 Å². The first-order valence-corrected chi connectivity index (χ1v) is 7.04. The van der Waals surface area contributed by atoms with Crippen LogP contribution >= 0.6 is 0 Å². The summed E-state index contributed by atoms with van der Waals surface area (Å²) in [6.45, 7) is 6.43. The van der Waals surface area contributed by atoms with Crippen molar-refractivity contribution in [1.82, 2.24) is 9.88 Å². The second-order valence-corrected chi connectivity index (χ2v) is 5.50. The van der Waals surface area contributed by atoms with Crippen molar-refractivity contribution in [2.24, 2.45) is 5.92 Å². The first-order chi connectivity index (χ1) is 9.61. The highest BCUT2D eigenvalue weighted by molar-refractivity contribution is 5.91. The van der Waals surface area contributed by atoms with Gasteiger partial charge in [0.15, 0.2) is 0 Å². The lowest BCUT2D eigenvalue weighted by molar-refractivity contribution is 0.214. The van der Waals surface area contributed by atoms with Crippen molar-refractivity contribution in [3.63, 3.8) is 0 Å². The molecule has 0 radical (unpaired) electrons. The summed E-state index contributed by atoms with van der Waals surface area (Å²) in [5, 5.41) is 8.82. The molecule has 0 spiro atoms. The zero-order valence-corrected chi connectivity index (χ0v) is 12.0. The summed E-state index contributed by atoms with van der Waals surface area (Å²) in [5.74, 6) is 0.980. The Bertz CT molecular complexity index is 498. The Kier molecular flexibility index (Phi) is 4.57. The summed E-state index contributed by atoms with van der Waals surface area (Å²) < 4.78 is 0. The molecule has 5 heteroatoms. The molecule has 0 saturated carbocycles. The molecule has 0 N–H and O–H groups in total. The van der Waals surface area contributed by atoms with Gasteiger partial charge in [-0.15, -0.1) is 0 Å². The number of anilines is 1. The molecule has 2 heterocycles. The van der Waals surface area contributed by atoms with Crippen molar-refractivity contribution in [3.05, 3.63) is 23.9 Å². The molecule has 0 aromatic carbocycles. The predicted molar refractivity (Wildman–Crippen MR) is 77.3 cm³/mol. The van der Waals surface area contributed by atoms with E-state index in [-0.39, 0.29) is 6.03 Å². The van der Waals surface area contributed by atoms with Gasteiger partial charge in [0, 0.05) is 25.8 Å². The minimum Gasteiger partial charge on any atom is -0.324 e. The number of amides is 2. The molecular formula is C15H20N4O. The molecule has 0 atom stereocenters. The Balaban J connectivity index is 2.21. The molecule has 5 nitrogen and oxygen atoms in total. The number of nitrogens with zero attached hydrogens (tertiary/aromatic N) is 4. The lowest BCUT2D eigenvalue weighted by atomic mass is 10.2. The first kappa shape index (κ1) is 14.3. The topological polar surface area (TPSA) is 60.2 Å². The minimum atomic E-state index is 0.0217. The number of carbonyl (C=O) groups is 1. The lowest BCUT2D eigenvalue weighted by Crippen LogP contribution is -2.44. The van der Waals surface area contributed by atoms with E-state index in [4.69, 9.17) is 5.26 Å². The van der Waals surface area contributed by atoms with E-state index in [1.165, 1.54) is 6.20 Å². The van der Waals surface area contributed by atoms with Crippen molar-refractivity contribution in [2.75, 3.05) is 24.5 Å². The van der Waals surface area contributed by atoms with E-state index in [1.807, 2.05) is 11.0 Å². The normalized spacial score (nSPS) is 14.4. The van der Waals surface area contributed by atoms with Gasteiger partial charge in [-0.3, -0.25) is 4.90 Å². The van der Waals surface area contributed by atoms with Gasteiger partial charge in [0.25, 0.3) is 0 Å². The van der Waals surface area contributed by atoms with E-state index in [2.05, 4.69) is 18.8 Å². The van der Waals surface area contributed by atoms with Gasteiger partial charge in [0.05, 0.1) is 5.56 Å². The second kappa shape index (κ2) is 6.38. The molecule has 1 aliphatic rings. The van der Waals surface area contributed by atoms with E-state index >= 15 is 0 Å². The minimum absolute atomic E-state index is 0.0217. The molecule has 0 unspecified atom stereocenters. The molecule has 1 aliphatic heterocycles. The van der Waals surface area contributed by atoms with Crippen LogP contribution in [0.5, 0.6) is 0 Å². The number of aromatic nitrogens is 1. The number of likely N-dealkylation sites (tertiary alicyclic amines) is 1. The number of pyridine rings is 1. The highest BCUT2D eigenvalue weighted by atomic mass is 16.2. The fraction of sp³-hybridized carbons (Fsp3) is 0.533. The maximum absolute atomic E-state index is 12.6. The molecule has 2 rings (SSSR count). The summed E-state index contributed by atoms with van der Waals surface area (Å²) >= 11 is 0. The van der Waals surface area contributed by atoms with Crippen LogP contribution in [-0.4, -0.2) is 35.5 Å². The fourth-order valence-corrected chi connectivity index (χ4v) is 2.33. The van der Waals surface area contributed by atoms with E-state index < -0.39 is 0 Å². The van der Waals surface area contributed by atoms with Crippen molar-refractivity contribution in [2.45, 2.75) is 26.7 Å². The van der Waals surface area contributed by atoms with Crippen LogP contribution in [0.4, 0.5) is 10.6 Å². The first-order valence-electron chi connectivity index (χ1n) is 7.04. The predicted octanol–water partition coefficient (Wildman–Crippen LogP) is 2.63. The van der Waals surface area contributed by atoms with Crippen LogP contribution in [0.2, 0.25) is 0 Å². The number of carbonyl (C=O) groups excluding carboxylic acids is 1. The van der Waals surface area contributed by atoms with Gasteiger partial charge >= 0.3 is 6.03 Å². The highest BCUT2D eigenvalue weighted by Gasteiger charge is 2.26. The zero-order valence-electron chi connectivity index (χ0n) is 12.0. The van der Waals surface area contributed by atoms with Crippen LogP contribution in [0.1, 0.15) is 32.3 Å². The van der Waals surface area contributed by atoms with Crippen LogP contribution in [-0.2, 0) is 0 Å². The average Bonchev–Trinajstić information content (AvgIpc) is 2.98. The number of hydrogen-bond donors (Lipinski definition) is 0. The largest absolute Gasteiger partial charge is 0.325 e. The third-order valence-electron chi connectivity index (χ3n) is 3.31. The van der Waals surface area contributed by atoms with E-state index in [0.717, 1.165) is 25.9 Å². The molecule has 0 bridgehead atoms. The molecule has 1 saturated heterocycles. The summed E-state index contributed by atoms with van der Waals surface area (Å²) in [7, 11) is 0. The van der Waals surface area contributed by atoms with E-state index in [0.29, 0.717) is 23.8 Å². The molecule has 1 aromatic heterocycles. The monoisotopic (exact) mass is 272 g/mol. The summed E-state index contributed by atoms with van der Waals surface area (Å²) in [4.78, 5) is 20.4. The maximum Gasteiger partial charge on any atom is 0.325 e. The van der Waals surface area contributed by atoms with Gasteiger partial charge < -0.3 is 4.90 Å². The molecule has 2 amide bonds. The van der Waals surface area contributed by atoms with Crippen LogP contribution in [0.3, 0.4) is 0 Å². The van der Waals surface area contributed by atoms with E-state index in [9.17, 15) is 4.79 Å². The number of urea groups is 1. The van der Waals surface area contributed by atoms with Gasteiger partial charge in [-0.25, -0.2) is 9.78 Å². The highest BCUT2D eigenvalue weighted by Crippen LogP contribution is 2.18. The van der Waals surface area contributed by atoms with Crippen LogP contribution in [0.25, 0.3) is 0 Å². The number of nitriles is 1. The van der Waals surface area contributed by atoms with Crippen LogP contribution in [0, 0.1) is 17.2 Å². The second-order valence-electron chi connectivity index (χ2n) is 5.50. The average molecular weight is 272 g/mol. The van der Waals surface area contributed by atoms with Gasteiger partial charge in [0.2, 0.25) is 0 Å². The Morgan fingerprint density at radius 2 is 2.15 bits per heavy atom. The molecule has 0 aliphatic carbocycles. The Morgan fingerprint density at radius 3 is 2.65 bits per heavy atom. The molecule has 106 valence electrons. The maximum atomic E-state index is 12.6. The third kappa shape index (κ3) is 3.27. The molecule has 1 aromatic rings. The summed E-state index contributed by atoms with van der Waals surface area (Å²) in [6, 6.07) is 5.51. The molecular weight excluding hydrogens is 252 g/mol. The van der Waals surface area contributed by atoms with Crippen molar-refractivity contribution in [1.29, 1.82) is 5.26 Å². The van der Waals surface area contributed by atoms with Gasteiger partial charge in [-0.1, -0.05) is 13.8 Å². The third-order valence-corrected chi connectivity index (χ3v) is 3.31.